The molecule has 1 aromatic rings. The third kappa shape index (κ3) is 5.45. The van der Waals surface area contributed by atoms with Gasteiger partial charge in [-0.15, -0.1) is 0 Å². The van der Waals surface area contributed by atoms with Gasteiger partial charge in [-0.3, -0.25) is 9.67 Å². The molecule has 7 nitrogen and oxygen atoms in total. The van der Waals surface area contributed by atoms with E-state index < -0.39 is 0 Å². The van der Waals surface area contributed by atoms with Gasteiger partial charge in [0.15, 0.2) is 5.96 Å². The summed E-state index contributed by atoms with van der Waals surface area (Å²) < 4.78 is 7.89. The van der Waals surface area contributed by atoms with E-state index in [1.165, 1.54) is 12.0 Å². The molecule has 3 atom stereocenters. The van der Waals surface area contributed by atoms with E-state index in [0.717, 1.165) is 32.0 Å². The summed E-state index contributed by atoms with van der Waals surface area (Å²) in [4.78, 5) is 6.62. The predicted octanol–water partition coefficient (Wildman–Crippen LogP) is 2.17. The van der Waals surface area contributed by atoms with Crippen molar-refractivity contribution in [2.24, 2.45) is 17.5 Å². The van der Waals surface area contributed by atoms with Gasteiger partial charge in [-0.05, 0) is 26.9 Å². The smallest absolute Gasteiger partial charge is 0.191 e. The van der Waals surface area contributed by atoms with Gasteiger partial charge in [-0.1, -0.05) is 27.2 Å². The number of hydrogen-bond acceptors (Lipinski definition) is 4. The molecule has 1 aliphatic rings. The Kier molecular flexibility index (Phi) is 7.68. The van der Waals surface area contributed by atoms with E-state index in [0.29, 0.717) is 12.1 Å². The Hall–Kier alpha value is -1.60. The maximum absolute atomic E-state index is 6.05. The van der Waals surface area contributed by atoms with Crippen LogP contribution in [-0.2, 0) is 11.8 Å². The van der Waals surface area contributed by atoms with Crippen LogP contribution in [0.5, 0.6) is 0 Å². The third-order valence-corrected chi connectivity index (χ3v) is 5.73. The summed E-state index contributed by atoms with van der Waals surface area (Å²) in [6.45, 7) is 8.37. The molecule has 0 amide bonds. The molecule has 0 aromatic carbocycles. The monoisotopic (exact) mass is 378 g/mol. The van der Waals surface area contributed by atoms with Gasteiger partial charge >= 0.3 is 0 Å². The topological polar surface area (TPSA) is 66.7 Å². The van der Waals surface area contributed by atoms with Crippen molar-refractivity contribution in [1.29, 1.82) is 0 Å². The molecule has 7 heteroatoms. The zero-order chi connectivity index (χ0) is 20.0. The number of aromatic nitrogens is 2. The molecule has 2 rings (SSSR count). The summed E-state index contributed by atoms with van der Waals surface area (Å²) in [5.74, 6) is 0.843. The van der Waals surface area contributed by atoms with Crippen molar-refractivity contribution in [2.75, 3.05) is 34.3 Å². The number of guanidine groups is 1. The molecule has 0 saturated heterocycles. The lowest BCUT2D eigenvalue weighted by Crippen LogP contribution is -2.63. The van der Waals surface area contributed by atoms with Crippen molar-refractivity contribution in [3.63, 3.8) is 0 Å². The van der Waals surface area contributed by atoms with Crippen LogP contribution >= 0.6 is 0 Å². The average Bonchev–Trinajstić information content (AvgIpc) is 3.04. The third-order valence-electron chi connectivity index (χ3n) is 5.73. The molecule has 27 heavy (non-hydrogen) atoms. The zero-order valence-electron chi connectivity index (χ0n) is 18.1. The minimum atomic E-state index is 0.107. The summed E-state index contributed by atoms with van der Waals surface area (Å²) in [5, 5.41) is 11.4. The first kappa shape index (κ1) is 21.7. The van der Waals surface area contributed by atoms with Gasteiger partial charge in [0.2, 0.25) is 0 Å². The number of ether oxygens (including phenoxy) is 1. The van der Waals surface area contributed by atoms with Gasteiger partial charge in [0.25, 0.3) is 0 Å². The second-order valence-corrected chi connectivity index (χ2v) is 8.35. The van der Waals surface area contributed by atoms with Crippen LogP contribution < -0.4 is 10.6 Å². The Labute approximate surface area is 164 Å². The van der Waals surface area contributed by atoms with Crippen LogP contribution in [0.4, 0.5) is 0 Å². The summed E-state index contributed by atoms with van der Waals surface area (Å²) in [5.41, 5.74) is 1.30. The lowest BCUT2D eigenvalue weighted by Gasteiger charge is -2.52. The van der Waals surface area contributed by atoms with E-state index in [1.54, 1.807) is 0 Å². The van der Waals surface area contributed by atoms with E-state index in [-0.39, 0.29) is 11.5 Å². The van der Waals surface area contributed by atoms with E-state index in [9.17, 15) is 0 Å². The second-order valence-electron chi connectivity index (χ2n) is 8.35. The van der Waals surface area contributed by atoms with Gasteiger partial charge in [0.05, 0.1) is 18.3 Å². The molecule has 0 aliphatic heterocycles. The van der Waals surface area contributed by atoms with Gasteiger partial charge in [-0.25, -0.2) is 0 Å². The molecule has 3 unspecified atom stereocenters. The van der Waals surface area contributed by atoms with Gasteiger partial charge < -0.3 is 20.3 Å². The van der Waals surface area contributed by atoms with E-state index >= 15 is 0 Å². The number of nitrogens with one attached hydrogen (secondary N) is 2. The molecule has 0 bridgehead atoms. The molecule has 154 valence electrons. The molecule has 2 N–H and O–H groups in total. The van der Waals surface area contributed by atoms with Crippen LogP contribution in [0.15, 0.2) is 17.4 Å². The van der Waals surface area contributed by atoms with Crippen molar-refractivity contribution in [3.8, 4) is 0 Å². The highest BCUT2D eigenvalue weighted by Gasteiger charge is 2.49. The largest absolute Gasteiger partial charge is 0.378 e. The summed E-state index contributed by atoms with van der Waals surface area (Å²) in [6, 6.07) is 0.600. The molecule has 1 aromatic heterocycles. The fraction of sp³-hybridized carbons (Fsp3) is 0.800. The zero-order valence-corrected chi connectivity index (χ0v) is 18.1. The minimum absolute atomic E-state index is 0.107. The standard InChI is InChI=1S/C20H38N6O/c1-8-9-10-27-18-11-17(20(18,2)3)24-19(21-4)22-13-16(25(5)6)15-12-23-26(7)14-15/h12,14,16-18H,8-11,13H2,1-7H3,(H2,21,22,24). The number of rotatable bonds is 9. The predicted molar refractivity (Wildman–Crippen MR) is 111 cm³/mol. The van der Waals surface area contributed by atoms with Crippen LogP contribution in [0.2, 0.25) is 0 Å². The number of nitrogens with zero attached hydrogens (tertiary/aromatic N) is 4. The van der Waals surface area contributed by atoms with Crippen molar-refractivity contribution < 1.29 is 4.74 Å². The first-order chi connectivity index (χ1) is 12.8. The highest BCUT2D eigenvalue weighted by atomic mass is 16.5. The summed E-state index contributed by atoms with van der Waals surface area (Å²) in [6.07, 6.45) is 7.65. The molecule has 1 heterocycles. The van der Waals surface area contributed by atoms with Crippen LogP contribution in [0, 0.1) is 5.41 Å². The van der Waals surface area contributed by atoms with Gasteiger partial charge in [0, 0.05) is 50.5 Å². The Morgan fingerprint density at radius 2 is 2.22 bits per heavy atom. The Balaban J connectivity index is 1.87. The molecule has 0 radical (unpaired) electrons. The molecular weight excluding hydrogens is 340 g/mol. The number of hydrogen-bond donors (Lipinski definition) is 2. The number of aliphatic imine (C=N–C) groups is 1. The fourth-order valence-corrected chi connectivity index (χ4v) is 3.55. The highest BCUT2D eigenvalue weighted by Crippen LogP contribution is 2.42. The first-order valence-electron chi connectivity index (χ1n) is 10.0. The second kappa shape index (κ2) is 9.55. The van der Waals surface area contributed by atoms with Crippen molar-refractivity contribution >= 4 is 5.96 Å². The quantitative estimate of drug-likeness (QED) is 0.392. The first-order valence-corrected chi connectivity index (χ1v) is 10.0. The fourth-order valence-electron chi connectivity index (χ4n) is 3.55. The van der Waals surface area contributed by atoms with Gasteiger partial charge in [-0.2, -0.15) is 5.10 Å². The SMILES string of the molecule is CCCCOC1CC(NC(=NC)NCC(c2cnn(C)c2)N(C)C)C1(C)C. The van der Waals surface area contributed by atoms with Crippen LogP contribution in [0.3, 0.4) is 0 Å². The van der Waals surface area contributed by atoms with Crippen molar-refractivity contribution in [1.82, 2.24) is 25.3 Å². The summed E-state index contributed by atoms with van der Waals surface area (Å²) in [7, 11) is 7.94. The molecule has 1 fully saturated rings. The Morgan fingerprint density at radius 1 is 1.48 bits per heavy atom. The van der Waals surface area contributed by atoms with Crippen molar-refractivity contribution in [3.05, 3.63) is 18.0 Å². The van der Waals surface area contributed by atoms with Crippen LogP contribution in [-0.4, -0.2) is 67.1 Å². The number of unbranched alkanes of at least 4 members (excludes halogenated alkanes) is 1. The number of aryl methyl sites for hydroxylation is 1. The lowest BCUT2D eigenvalue weighted by molar-refractivity contribution is -0.113. The summed E-state index contributed by atoms with van der Waals surface area (Å²) >= 11 is 0. The normalized spacial score (nSPS) is 23.2. The molecule has 1 saturated carbocycles. The number of likely N-dealkylation sites (N-methyl/N-ethyl adjacent to an activating group) is 1. The lowest BCUT2D eigenvalue weighted by atomic mass is 9.64. The van der Waals surface area contributed by atoms with E-state index in [4.69, 9.17) is 4.74 Å². The average molecular weight is 379 g/mol. The maximum Gasteiger partial charge on any atom is 0.191 e. The van der Waals surface area contributed by atoms with Crippen molar-refractivity contribution in [2.45, 2.75) is 58.2 Å². The van der Waals surface area contributed by atoms with Crippen LogP contribution in [0.25, 0.3) is 0 Å². The minimum Gasteiger partial charge on any atom is -0.378 e. The van der Waals surface area contributed by atoms with E-state index in [2.05, 4.69) is 66.7 Å². The maximum atomic E-state index is 6.05. The molecule has 0 spiro atoms. The molecule has 1 aliphatic carbocycles. The molecular formula is C20H38N6O. The Morgan fingerprint density at radius 3 is 2.74 bits per heavy atom. The van der Waals surface area contributed by atoms with Gasteiger partial charge in [0.1, 0.15) is 0 Å². The Bertz CT molecular complexity index is 609. The highest BCUT2D eigenvalue weighted by molar-refractivity contribution is 5.80. The van der Waals surface area contributed by atoms with E-state index in [1.807, 2.05) is 25.0 Å². The van der Waals surface area contributed by atoms with Crippen LogP contribution in [0.1, 0.15) is 51.6 Å².